The molecule has 0 aliphatic carbocycles. The summed E-state index contributed by atoms with van der Waals surface area (Å²) in [4.78, 5) is 38.2. The molecular weight excluding hydrogens is 865 g/mol. The summed E-state index contributed by atoms with van der Waals surface area (Å²) in [5.41, 5.74) is 0. The summed E-state index contributed by atoms with van der Waals surface area (Å²) in [5.74, 6) is -0.905. The van der Waals surface area contributed by atoms with Crippen LogP contribution in [0.25, 0.3) is 0 Å². The maximum Gasteiger partial charge on any atom is 0.306 e. The molecule has 1 atom stereocenters. The third-order valence-electron chi connectivity index (χ3n) is 12.9. The highest BCUT2D eigenvalue weighted by Crippen LogP contribution is 2.15. The summed E-state index contributed by atoms with van der Waals surface area (Å²) in [7, 11) is 0. The minimum atomic E-state index is -0.789. The molecule has 0 saturated carbocycles. The van der Waals surface area contributed by atoms with Crippen molar-refractivity contribution in [2.24, 2.45) is 0 Å². The largest absolute Gasteiger partial charge is 0.462 e. The van der Waals surface area contributed by atoms with Crippen LogP contribution in [0.2, 0.25) is 0 Å². The molecule has 0 bridgehead atoms. The maximum absolute atomic E-state index is 12.9. The Bertz CT molecular complexity index is 1310. The van der Waals surface area contributed by atoms with E-state index in [1.54, 1.807) is 0 Å². The van der Waals surface area contributed by atoms with Crippen LogP contribution in [0.5, 0.6) is 0 Å². The molecule has 0 aromatic carbocycles. The first kappa shape index (κ1) is 66.9. The molecule has 0 aromatic heterocycles. The van der Waals surface area contributed by atoms with Gasteiger partial charge in [0.2, 0.25) is 0 Å². The molecule has 0 unspecified atom stereocenters. The SMILES string of the molecule is CCCCC/C=C\C/C=C\C/C=C\CCCCCCCCC(=O)OC[C@@H](COC(=O)CCCCCCC/C=C\CCCCCCCCC)OC(=O)CCCCCCCCC/C=C\C/C=C\CCCCC. The Hall–Kier alpha value is -3.15. The second kappa shape index (κ2) is 58.4. The van der Waals surface area contributed by atoms with Crippen LogP contribution in [-0.4, -0.2) is 37.2 Å². The van der Waals surface area contributed by atoms with Gasteiger partial charge in [-0.25, -0.2) is 0 Å². The topological polar surface area (TPSA) is 78.9 Å². The van der Waals surface area contributed by atoms with Crippen LogP contribution in [0, 0.1) is 0 Å². The van der Waals surface area contributed by atoms with E-state index in [1.807, 2.05) is 0 Å². The van der Waals surface area contributed by atoms with E-state index in [2.05, 4.69) is 93.7 Å². The monoisotopic (exact) mass is 977 g/mol. The van der Waals surface area contributed by atoms with Gasteiger partial charge in [-0.05, 0) is 116 Å². The van der Waals surface area contributed by atoms with Gasteiger partial charge in [0.25, 0.3) is 0 Å². The molecule has 0 aliphatic rings. The lowest BCUT2D eigenvalue weighted by molar-refractivity contribution is -0.167. The van der Waals surface area contributed by atoms with Crippen LogP contribution >= 0.6 is 0 Å². The van der Waals surface area contributed by atoms with Crippen molar-refractivity contribution in [2.45, 2.75) is 303 Å². The number of ether oxygens (including phenoxy) is 3. The van der Waals surface area contributed by atoms with E-state index in [9.17, 15) is 14.4 Å². The number of rotatable bonds is 54. The highest BCUT2D eigenvalue weighted by Gasteiger charge is 2.19. The molecule has 0 saturated heterocycles. The molecule has 0 spiro atoms. The zero-order valence-electron chi connectivity index (χ0n) is 46.3. The second-order valence-corrected chi connectivity index (χ2v) is 19.9. The zero-order chi connectivity index (χ0) is 50.7. The average Bonchev–Trinajstić information content (AvgIpc) is 3.36. The molecule has 0 N–H and O–H groups in total. The Balaban J connectivity index is 4.42. The van der Waals surface area contributed by atoms with E-state index in [0.717, 1.165) is 96.3 Å². The van der Waals surface area contributed by atoms with Gasteiger partial charge in [0.15, 0.2) is 6.10 Å². The number of hydrogen-bond donors (Lipinski definition) is 0. The Morgan fingerprint density at radius 3 is 0.843 bits per heavy atom. The van der Waals surface area contributed by atoms with Crippen LogP contribution in [0.3, 0.4) is 0 Å². The predicted octanol–water partition coefficient (Wildman–Crippen LogP) is 20.2. The molecule has 0 rings (SSSR count). The molecule has 6 heteroatoms. The molecule has 0 heterocycles. The van der Waals surface area contributed by atoms with Crippen LogP contribution < -0.4 is 0 Å². The van der Waals surface area contributed by atoms with E-state index < -0.39 is 6.10 Å². The van der Waals surface area contributed by atoms with Gasteiger partial charge in [-0.3, -0.25) is 14.4 Å². The Morgan fingerprint density at radius 2 is 0.514 bits per heavy atom. The van der Waals surface area contributed by atoms with E-state index in [0.29, 0.717) is 19.3 Å². The van der Waals surface area contributed by atoms with Gasteiger partial charge in [0.1, 0.15) is 13.2 Å². The first-order chi connectivity index (χ1) is 34.5. The fourth-order valence-electron chi connectivity index (χ4n) is 8.36. The molecule has 404 valence electrons. The van der Waals surface area contributed by atoms with Crippen molar-refractivity contribution in [3.05, 3.63) is 72.9 Å². The minimum Gasteiger partial charge on any atom is -0.462 e. The molecule has 0 aliphatic heterocycles. The summed E-state index contributed by atoms with van der Waals surface area (Å²) in [6, 6.07) is 0. The van der Waals surface area contributed by atoms with Gasteiger partial charge >= 0.3 is 17.9 Å². The van der Waals surface area contributed by atoms with E-state index in [-0.39, 0.29) is 31.1 Å². The normalized spacial score (nSPS) is 12.6. The van der Waals surface area contributed by atoms with Crippen molar-refractivity contribution in [3.8, 4) is 0 Å². The van der Waals surface area contributed by atoms with Gasteiger partial charge in [0, 0.05) is 19.3 Å². The summed E-state index contributed by atoms with van der Waals surface area (Å²) in [6.07, 6.45) is 74.5. The molecule has 0 amide bonds. The number of esters is 3. The summed E-state index contributed by atoms with van der Waals surface area (Å²) in [5, 5.41) is 0. The first-order valence-electron chi connectivity index (χ1n) is 29.9. The van der Waals surface area contributed by atoms with Gasteiger partial charge in [0.05, 0.1) is 0 Å². The minimum absolute atomic E-state index is 0.0866. The van der Waals surface area contributed by atoms with Crippen molar-refractivity contribution in [1.82, 2.24) is 0 Å². The van der Waals surface area contributed by atoms with Gasteiger partial charge in [-0.1, -0.05) is 235 Å². The van der Waals surface area contributed by atoms with Crippen molar-refractivity contribution >= 4 is 17.9 Å². The van der Waals surface area contributed by atoms with E-state index in [1.165, 1.54) is 161 Å². The molecular formula is C64H112O6. The number of carbonyl (C=O) groups excluding carboxylic acids is 3. The predicted molar refractivity (Wildman–Crippen MR) is 302 cm³/mol. The van der Waals surface area contributed by atoms with Gasteiger partial charge in [-0.15, -0.1) is 0 Å². The molecule has 0 radical (unpaired) electrons. The lowest BCUT2D eigenvalue weighted by Crippen LogP contribution is -2.30. The highest BCUT2D eigenvalue weighted by atomic mass is 16.6. The fraction of sp³-hybridized carbons (Fsp3) is 0.766. The van der Waals surface area contributed by atoms with Crippen molar-refractivity contribution < 1.29 is 28.6 Å². The molecule has 0 fully saturated rings. The quantitative estimate of drug-likeness (QED) is 0.0261. The van der Waals surface area contributed by atoms with Crippen LogP contribution in [0.15, 0.2) is 72.9 Å². The second-order valence-electron chi connectivity index (χ2n) is 19.9. The fourth-order valence-corrected chi connectivity index (χ4v) is 8.36. The van der Waals surface area contributed by atoms with Crippen molar-refractivity contribution in [2.75, 3.05) is 13.2 Å². The number of allylic oxidation sites excluding steroid dienone is 12. The number of carbonyl (C=O) groups is 3. The van der Waals surface area contributed by atoms with E-state index in [4.69, 9.17) is 14.2 Å². The Labute approximate surface area is 433 Å². The summed E-state index contributed by atoms with van der Waals surface area (Å²) in [6.45, 7) is 6.58. The average molecular weight is 978 g/mol. The van der Waals surface area contributed by atoms with Gasteiger partial charge in [-0.2, -0.15) is 0 Å². The zero-order valence-corrected chi connectivity index (χ0v) is 46.3. The van der Waals surface area contributed by atoms with Crippen LogP contribution in [0.4, 0.5) is 0 Å². The molecule has 6 nitrogen and oxygen atoms in total. The van der Waals surface area contributed by atoms with Gasteiger partial charge < -0.3 is 14.2 Å². The Kier molecular flexibility index (Phi) is 55.8. The summed E-state index contributed by atoms with van der Waals surface area (Å²) >= 11 is 0. The third-order valence-corrected chi connectivity index (χ3v) is 12.9. The third kappa shape index (κ3) is 55.8. The lowest BCUT2D eigenvalue weighted by atomic mass is 10.1. The van der Waals surface area contributed by atoms with Crippen LogP contribution in [-0.2, 0) is 28.6 Å². The highest BCUT2D eigenvalue weighted by molar-refractivity contribution is 5.71. The van der Waals surface area contributed by atoms with Crippen molar-refractivity contribution in [3.63, 3.8) is 0 Å². The van der Waals surface area contributed by atoms with Crippen LogP contribution in [0.1, 0.15) is 297 Å². The molecule has 70 heavy (non-hydrogen) atoms. The maximum atomic E-state index is 12.9. The number of unbranched alkanes of at least 4 members (excludes halogenated alkanes) is 31. The lowest BCUT2D eigenvalue weighted by Gasteiger charge is -2.18. The Morgan fingerprint density at radius 1 is 0.286 bits per heavy atom. The molecule has 0 aromatic rings. The standard InChI is InChI=1S/C64H112O6/c1-4-7-10-13-16-19-22-25-28-31-32-34-36-39-42-45-48-51-54-57-63(66)69-60-61(59-68-62(65)56-53-50-47-44-41-38-35-30-27-24-21-18-15-12-9-6-3)70-64(67)58-55-52-49-46-43-40-37-33-29-26-23-20-17-14-11-8-5-2/h16-17,19-20,25-26,28-30,32,34-35,61H,4-15,18,21-24,27,31,33,36-60H2,1-3H3/b19-16-,20-17-,28-25-,29-26-,34-32-,35-30-/t61-/m1/s1. The first-order valence-corrected chi connectivity index (χ1v) is 29.9. The summed E-state index contributed by atoms with van der Waals surface area (Å²) < 4.78 is 16.9. The smallest absolute Gasteiger partial charge is 0.306 e. The van der Waals surface area contributed by atoms with E-state index >= 15 is 0 Å². The van der Waals surface area contributed by atoms with Crippen molar-refractivity contribution in [1.29, 1.82) is 0 Å². The number of hydrogen-bond acceptors (Lipinski definition) is 6.